The minimum absolute atomic E-state index is 0.0716. The molecule has 1 saturated heterocycles. The molecule has 0 spiro atoms. The first-order chi connectivity index (χ1) is 13.7. The molecule has 4 aromatic rings. The maximum Gasteiger partial charge on any atom is 0.251 e. The van der Waals surface area contributed by atoms with Gasteiger partial charge < -0.3 is 9.55 Å². The molecule has 0 radical (unpaired) electrons. The van der Waals surface area contributed by atoms with Crippen LogP contribution >= 0.6 is 0 Å². The Morgan fingerprint density at radius 3 is 2.54 bits per heavy atom. The summed E-state index contributed by atoms with van der Waals surface area (Å²) in [6.45, 7) is 2.97. The lowest BCUT2D eigenvalue weighted by Gasteiger charge is -2.32. The number of para-hydroxylation sites is 2. The number of hydrogen-bond acceptors (Lipinski definition) is 2. The number of nitrogens with zero attached hydrogens (tertiary/aromatic N) is 2. The maximum atomic E-state index is 12.4. The van der Waals surface area contributed by atoms with E-state index in [-0.39, 0.29) is 5.56 Å². The van der Waals surface area contributed by atoms with Crippen LogP contribution in [0.5, 0.6) is 0 Å². The average Bonchev–Trinajstić information content (AvgIpc) is 3.17. The van der Waals surface area contributed by atoms with Gasteiger partial charge in [0.1, 0.15) is 0 Å². The zero-order valence-corrected chi connectivity index (χ0v) is 16.2. The van der Waals surface area contributed by atoms with Gasteiger partial charge in [-0.15, -0.1) is 0 Å². The molecular formula is C24H25N3O. The molecule has 1 N–H and O–H groups in total. The molecule has 1 fully saturated rings. The zero-order chi connectivity index (χ0) is 19.1. The van der Waals surface area contributed by atoms with E-state index in [2.05, 4.69) is 52.5 Å². The highest BCUT2D eigenvalue weighted by atomic mass is 16.1. The minimum Gasteiger partial charge on any atom is -0.361 e. The van der Waals surface area contributed by atoms with Gasteiger partial charge in [0.15, 0.2) is 0 Å². The van der Waals surface area contributed by atoms with Crippen LogP contribution in [-0.2, 0) is 13.6 Å². The summed E-state index contributed by atoms with van der Waals surface area (Å²) in [5, 5.41) is 2.54. The van der Waals surface area contributed by atoms with E-state index >= 15 is 0 Å². The summed E-state index contributed by atoms with van der Waals surface area (Å²) < 4.78 is 1.74. The summed E-state index contributed by atoms with van der Waals surface area (Å²) in [5.74, 6) is 0.604. The molecule has 1 aliphatic heterocycles. The summed E-state index contributed by atoms with van der Waals surface area (Å²) in [5.41, 5.74) is 4.91. The van der Waals surface area contributed by atoms with Gasteiger partial charge in [-0.05, 0) is 55.1 Å². The van der Waals surface area contributed by atoms with Gasteiger partial charge in [-0.25, -0.2) is 0 Å². The Balaban J connectivity index is 1.35. The van der Waals surface area contributed by atoms with Crippen LogP contribution in [0.4, 0.5) is 0 Å². The lowest BCUT2D eigenvalue weighted by Crippen LogP contribution is -2.33. The Bertz CT molecular complexity index is 1200. The number of aromatic nitrogens is 2. The predicted molar refractivity (Wildman–Crippen MR) is 115 cm³/mol. The van der Waals surface area contributed by atoms with E-state index in [1.165, 1.54) is 21.9 Å². The van der Waals surface area contributed by atoms with Gasteiger partial charge in [0.25, 0.3) is 5.56 Å². The SMILES string of the molecule is Cn1c(=O)cc(CN2CCC(c3c[nH]c4ccccc34)CC2)c2ccccc21. The molecule has 4 nitrogen and oxygen atoms in total. The van der Waals surface area contributed by atoms with Crippen LogP contribution in [0.3, 0.4) is 0 Å². The number of H-pyrrole nitrogens is 1. The van der Waals surface area contributed by atoms with Gasteiger partial charge in [0.05, 0.1) is 5.52 Å². The summed E-state index contributed by atoms with van der Waals surface area (Å²) >= 11 is 0. The van der Waals surface area contributed by atoms with E-state index in [9.17, 15) is 4.79 Å². The van der Waals surface area contributed by atoms with Crippen molar-refractivity contribution in [3.8, 4) is 0 Å². The molecule has 2 aromatic carbocycles. The topological polar surface area (TPSA) is 41.0 Å². The predicted octanol–water partition coefficient (Wildman–Crippen LogP) is 4.40. The number of nitrogens with one attached hydrogen (secondary N) is 1. The van der Waals surface area contributed by atoms with Crippen molar-refractivity contribution >= 4 is 21.8 Å². The van der Waals surface area contributed by atoms with Gasteiger partial charge in [0.2, 0.25) is 0 Å². The number of fused-ring (bicyclic) bond motifs is 2. The Labute approximate surface area is 164 Å². The van der Waals surface area contributed by atoms with Gasteiger partial charge in [-0.3, -0.25) is 9.69 Å². The molecule has 0 saturated carbocycles. The van der Waals surface area contributed by atoms with E-state index < -0.39 is 0 Å². The van der Waals surface area contributed by atoms with Gasteiger partial charge in [-0.1, -0.05) is 36.4 Å². The number of hydrogen-bond donors (Lipinski definition) is 1. The molecule has 28 heavy (non-hydrogen) atoms. The lowest BCUT2D eigenvalue weighted by molar-refractivity contribution is 0.205. The van der Waals surface area contributed by atoms with Crippen LogP contribution in [0.1, 0.15) is 29.9 Å². The number of aromatic amines is 1. The third kappa shape index (κ3) is 2.94. The van der Waals surface area contributed by atoms with Crippen molar-refractivity contribution in [2.45, 2.75) is 25.3 Å². The van der Waals surface area contributed by atoms with E-state index in [0.29, 0.717) is 5.92 Å². The second kappa shape index (κ2) is 6.95. The summed E-state index contributed by atoms with van der Waals surface area (Å²) in [7, 11) is 1.85. The second-order valence-electron chi connectivity index (χ2n) is 7.92. The van der Waals surface area contributed by atoms with Crippen molar-refractivity contribution in [3.05, 3.63) is 82.3 Å². The molecule has 0 unspecified atom stereocenters. The fraction of sp³-hybridized carbons (Fsp3) is 0.292. The lowest BCUT2D eigenvalue weighted by atomic mass is 9.89. The van der Waals surface area contributed by atoms with Crippen molar-refractivity contribution in [3.63, 3.8) is 0 Å². The minimum atomic E-state index is 0.0716. The Kier molecular flexibility index (Phi) is 4.29. The normalized spacial score (nSPS) is 16.2. The number of piperidine rings is 1. The third-order valence-corrected chi connectivity index (χ3v) is 6.28. The third-order valence-electron chi connectivity index (χ3n) is 6.28. The van der Waals surface area contributed by atoms with Crippen LogP contribution in [0.15, 0.2) is 65.6 Å². The molecule has 1 aliphatic rings. The Hall–Kier alpha value is -2.85. The fourth-order valence-electron chi connectivity index (χ4n) is 4.69. The second-order valence-corrected chi connectivity index (χ2v) is 7.92. The Morgan fingerprint density at radius 2 is 1.71 bits per heavy atom. The highest BCUT2D eigenvalue weighted by Gasteiger charge is 2.23. The van der Waals surface area contributed by atoms with Crippen LogP contribution in [0.2, 0.25) is 0 Å². The van der Waals surface area contributed by atoms with Crippen molar-refractivity contribution in [1.82, 2.24) is 14.5 Å². The first-order valence-corrected chi connectivity index (χ1v) is 10.1. The van der Waals surface area contributed by atoms with Crippen LogP contribution in [0, 0.1) is 0 Å². The molecular weight excluding hydrogens is 346 g/mol. The molecule has 0 aliphatic carbocycles. The molecule has 142 valence electrons. The maximum absolute atomic E-state index is 12.4. The number of rotatable bonds is 3. The number of benzene rings is 2. The van der Waals surface area contributed by atoms with Crippen LogP contribution < -0.4 is 5.56 Å². The van der Waals surface area contributed by atoms with Crippen LogP contribution in [-0.4, -0.2) is 27.5 Å². The monoisotopic (exact) mass is 371 g/mol. The number of pyridine rings is 1. The number of aryl methyl sites for hydroxylation is 1. The average molecular weight is 371 g/mol. The highest BCUT2D eigenvalue weighted by molar-refractivity contribution is 5.84. The largest absolute Gasteiger partial charge is 0.361 e. The standard InChI is InChI=1S/C24H25N3O/c1-26-23-9-5-3-6-19(23)18(14-24(26)28)16-27-12-10-17(11-13-27)21-15-25-22-8-4-2-7-20(21)22/h2-9,14-15,17,25H,10-13,16H2,1H3. The Morgan fingerprint density at radius 1 is 1.00 bits per heavy atom. The van der Waals surface area contributed by atoms with Crippen molar-refractivity contribution in [2.75, 3.05) is 13.1 Å². The van der Waals surface area contributed by atoms with E-state index in [0.717, 1.165) is 43.6 Å². The quantitative estimate of drug-likeness (QED) is 0.580. The zero-order valence-electron chi connectivity index (χ0n) is 16.2. The van der Waals surface area contributed by atoms with Crippen molar-refractivity contribution < 1.29 is 0 Å². The van der Waals surface area contributed by atoms with Crippen molar-refractivity contribution in [2.24, 2.45) is 7.05 Å². The van der Waals surface area contributed by atoms with E-state index in [4.69, 9.17) is 0 Å². The molecule has 4 heteroatoms. The summed E-state index contributed by atoms with van der Waals surface area (Å²) in [6.07, 6.45) is 4.51. The smallest absolute Gasteiger partial charge is 0.251 e. The first-order valence-electron chi connectivity index (χ1n) is 10.1. The molecule has 0 amide bonds. The fourth-order valence-corrected chi connectivity index (χ4v) is 4.69. The van der Waals surface area contributed by atoms with Crippen LogP contribution in [0.25, 0.3) is 21.8 Å². The van der Waals surface area contributed by atoms with Gasteiger partial charge in [-0.2, -0.15) is 0 Å². The van der Waals surface area contributed by atoms with E-state index in [1.807, 2.05) is 25.2 Å². The van der Waals surface area contributed by atoms with Gasteiger partial charge >= 0.3 is 0 Å². The van der Waals surface area contributed by atoms with Gasteiger partial charge in [0, 0.05) is 42.1 Å². The molecule has 3 heterocycles. The molecule has 5 rings (SSSR count). The van der Waals surface area contributed by atoms with Crippen molar-refractivity contribution in [1.29, 1.82) is 0 Å². The molecule has 0 bridgehead atoms. The van der Waals surface area contributed by atoms with E-state index in [1.54, 1.807) is 4.57 Å². The molecule has 2 aromatic heterocycles. The summed E-state index contributed by atoms with van der Waals surface area (Å²) in [6, 6.07) is 18.6. The summed E-state index contributed by atoms with van der Waals surface area (Å²) in [4.78, 5) is 18.3. The molecule has 0 atom stereocenters. The number of likely N-dealkylation sites (tertiary alicyclic amines) is 1. The highest BCUT2D eigenvalue weighted by Crippen LogP contribution is 2.33. The first kappa shape index (κ1) is 17.3.